The Kier molecular flexibility index (Phi) is 4.27. The van der Waals surface area contributed by atoms with Gasteiger partial charge in [-0.1, -0.05) is 12.1 Å². The molecule has 0 aliphatic carbocycles. The third-order valence-corrected chi connectivity index (χ3v) is 6.33. The highest BCUT2D eigenvalue weighted by atomic mass is 16.5. The van der Waals surface area contributed by atoms with Crippen LogP contribution >= 0.6 is 0 Å². The number of aromatic nitrogens is 2. The molecule has 3 aliphatic rings. The summed E-state index contributed by atoms with van der Waals surface area (Å²) in [6, 6.07) is 5.85. The van der Waals surface area contributed by atoms with Gasteiger partial charge in [0.1, 0.15) is 12.2 Å². The topological polar surface area (TPSA) is 76.7 Å². The largest absolute Gasteiger partial charge is 0.493 e. The second-order valence-electron chi connectivity index (χ2n) is 7.85. The van der Waals surface area contributed by atoms with Crippen molar-refractivity contribution in [2.24, 2.45) is 5.92 Å². The lowest BCUT2D eigenvalue weighted by Crippen LogP contribution is -2.51. The van der Waals surface area contributed by atoms with Crippen LogP contribution in [0, 0.1) is 5.92 Å². The van der Waals surface area contributed by atoms with Crippen LogP contribution in [-0.2, 0) is 28.0 Å². The fourth-order valence-electron chi connectivity index (χ4n) is 4.78. The number of piperidine rings is 1. The third kappa shape index (κ3) is 2.76. The maximum atomic E-state index is 13.1. The van der Waals surface area contributed by atoms with Crippen LogP contribution in [0.1, 0.15) is 29.7 Å². The summed E-state index contributed by atoms with van der Waals surface area (Å²) in [4.78, 5) is 15.1. The molecule has 28 heavy (non-hydrogen) atoms. The lowest BCUT2D eigenvalue weighted by molar-refractivity contribution is -0.146. The number of rotatable bonds is 2. The molecule has 1 amide bonds. The van der Waals surface area contributed by atoms with Crippen molar-refractivity contribution in [2.75, 3.05) is 33.4 Å². The summed E-state index contributed by atoms with van der Waals surface area (Å²) in [6.45, 7) is 2.50. The number of amides is 1. The molecular weight excluding hydrogens is 358 g/mol. The van der Waals surface area contributed by atoms with Crippen LogP contribution in [0.25, 0.3) is 0 Å². The highest BCUT2D eigenvalue weighted by Gasteiger charge is 2.44. The second-order valence-corrected chi connectivity index (χ2v) is 7.85. The molecule has 1 spiro atoms. The van der Waals surface area contributed by atoms with Crippen molar-refractivity contribution in [2.45, 2.75) is 31.3 Å². The molecule has 1 unspecified atom stereocenters. The molecule has 1 atom stereocenters. The highest BCUT2D eigenvalue weighted by molar-refractivity contribution is 5.80. The van der Waals surface area contributed by atoms with Crippen molar-refractivity contribution in [1.82, 2.24) is 15.1 Å². The van der Waals surface area contributed by atoms with E-state index in [1.165, 1.54) is 5.56 Å². The Bertz CT molecular complexity index is 886. The molecule has 7 heteroatoms. The highest BCUT2D eigenvalue weighted by Crippen LogP contribution is 2.41. The first-order valence-electron chi connectivity index (χ1n) is 9.94. The van der Waals surface area contributed by atoms with E-state index in [9.17, 15) is 4.79 Å². The van der Waals surface area contributed by atoms with Gasteiger partial charge in [-0.15, -0.1) is 0 Å². The number of ether oxygens (including phenoxy) is 3. The van der Waals surface area contributed by atoms with Gasteiger partial charge in [-0.3, -0.25) is 9.89 Å². The first-order valence-corrected chi connectivity index (χ1v) is 9.94. The van der Waals surface area contributed by atoms with Gasteiger partial charge in [-0.05, 0) is 42.9 Å². The maximum Gasteiger partial charge on any atom is 0.229 e. The predicted molar refractivity (Wildman–Crippen MR) is 101 cm³/mol. The van der Waals surface area contributed by atoms with E-state index in [2.05, 4.69) is 10.2 Å². The molecule has 2 aromatic rings. The van der Waals surface area contributed by atoms with Crippen molar-refractivity contribution in [3.63, 3.8) is 0 Å². The molecule has 1 N–H and O–H groups in total. The van der Waals surface area contributed by atoms with E-state index < -0.39 is 0 Å². The van der Waals surface area contributed by atoms with E-state index in [4.69, 9.17) is 14.2 Å². The summed E-state index contributed by atoms with van der Waals surface area (Å²) in [6.07, 6.45) is 5.09. The first-order chi connectivity index (χ1) is 13.7. The molecule has 1 saturated heterocycles. The minimum absolute atomic E-state index is 0.149. The van der Waals surface area contributed by atoms with Crippen LogP contribution in [0.4, 0.5) is 0 Å². The molecule has 0 saturated carbocycles. The van der Waals surface area contributed by atoms with Crippen molar-refractivity contribution in [3.05, 3.63) is 41.2 Å². The number of likely N-dealkylation sites (tertiary alicyclic amines) is 1. The van der Waals surface area contributed by atoms with Crippen molar-refractivity contribution in [1.29, 1.82) is 0 Å². The molecule has 148 valence electrons. The zero-order valence-corrected chi connectivity index (χ0v) is 16.1. The van der Waals surface area contributed by atoms with Crippen LogP contribution in [0.2, 0.25) is 0 Å². The Labute approximate surface area is 164 Å². The van der Waals surface area contributed by atoms with Crippen molar-refractivity contribution >= 4 is 5.91 Å². The summed E-state index contributed by atoms with van der Waals surface area (Å²) in [5.74, 6) is 1.52. The van der Waals surface area contributed by atoms with Gasteiger partial charge in [0.2, 0.25) is 5.91 Å². The summed E-state index contributed by atoms with van der Waals surface area (Å²) in [7, 11) is 1.64. The normalized spacial score (nSPS) is 22.9. The Morgan fingerprint density at radius 3 is 3.00 bits per heavy atom. The van der Waals surface area contributed by atoms with Gasteiger partial charge in [0.05, 0.1) is 31.5 Å². The third-order valence-electron chi connectivity index (χ3n) is 6.33. The standard InChI is InChI=1S/C21H25N3O4/c1-26-17-4-2-3-14-11-16(13-27-18(14)17)20(25)24-8-6-21(7-9-24)19-15(5-10-28-21)12-22-23-19/h2-4,12,16H,5-11,13H2,1H3,(H,22,23). The van der Waals surface area contributed by atoms with Crippen LogP contribution < -0.4 is 9.47 Å². The van der Waals surface area contributed by atoms with Gasteiger partial charge in [-0.2, -0.15) is 5.10 Å². The van der Waals surface area contributed by atoms with E-state index in [-0.39, 0.29) is 17.4 Å². The van der Waals surface area contributed by atoms with Crippen LogP contribution in [0.5, 0.6) is 11.5 Å². The number of hydrogen-bond acceptors (Lipinski definition) is 5. The van der Waals surface area contributed by atoms with Crippen molar-refractivity contribution < 1.29 is 19.0 Å². The number of hydrogen-bond donors (Lipinski definition) is 1. The second kappa shape index (κ2) is 6.81. The summed E-state index contributed by atoms with van der Waals surface area (Å²) in [5, 5.41) is 7.34. The molecule has 0 bridgehead atoms. The molecule has 1 fully saturated rings. The van der Waals surface area contributed by atoms with Crippen LogP contribution in [-0.4, -0.2) is 54.4 Å². The quantitative estimate of drug-likeness (QED) is 0.859. The average Bonchev–Trinajstić information content (AvgIpc) is 3.23. The number of methoxy groups -OCH3 is 1. The van der Waals surface area contributed by atoms with E-state index >= 15 is 0 Å². The SMILES string of the molecule is COc1cccc2c1OCC(C(=O)N1CCC3(CC1)OCCc1cn[nH]c13)C2. The fourth-order valence-corrected chi connectivity index (χ4v) is 4.78. The maximum absolute atomic E-state index is 13.1. The average molecular weight is 383 g/mol. The monoisotopic (exact) mass is 383 g/mol. The fraction of sp³-hybridized carbons (Fsp3) is 0.524. The van der Waals surface area contributed by atoms with Gasteiger partial charge in [-0.25, -0.2) is 0 Å². The van der Waals surface area contributed by atoms with Gasteiger partial charge >= 0.3 is 0 Å². The summed E-state index contributed by atoms with van der Waals surface area (Å²) >= 11 is 0. The number of H-pyrrole nitrogens is 1. The number of nitrogens with one attached hydrogen (secondary N) is 1. The van der Waals surface area contributed by atoms with Gasteiger partial charge in [0.25, 0.3) is 0 Å². The Morgan fingerprint density at radius 2 is 2.18 bits per heavy atom. The molecular formula is C21H25N3O4. The molecule has 1 aromatic carbocycles. The van der Waals surface area contributed by atoms with E-state index in [0.717, 1.165) is 48.6 Å². The van der Waals surface area contributed by atoms with Gasteiger partial charge in [0.15, 0.2) is 11.5 Å². The first kappa shape index (κ1) is 17.6. The summed E-state index contributed by atoms with van der Waals surface area (Å²) < 4.78 is 17.5. The lowest BCUT2D eigenvalue weighted by Gasteiger charge is -2.44. The van der Waals surface area contributed by atoms with Gasteiger partial charge in [0, 0.05) is 13.1 Å². The number of carbonyl (C=O) groups excluding carboxylic acids is 1. The predicted octanol–water partition coefficient (Wildman–Crippen LogP) is 2.06. The number of benzene rings is 1. The summed E-state index contributed by atoms with van der Waals surface area (Å²) in [5.41, 5.74) is 3.07. The minimum atomic E-state index is -0.316. The van der Waals surface area contributed by atoms with E-state index in [0.29, 0.717) is 26.1 Å². The molecule has 0 radical (unpaired) electrons. The Morgan fingerprint density at radius 1 is 1.32 bits per heavy atom. The molecule has 7 nitrogen and oxygen atoms in total. The van der Waals surface area contributed by atoms with E-state index in [1.54, 1.807) is 7.11 Å². The van der Waals surface area contributed by atoms with E-state index in [1.807, 2.05) is 29.3 Å². The molecule has 4 heterocycles. The molecule has 5 rings (SSSR count). The van der Waals surface area contributed by atoms with Crippen molar-refractivity contribution in [3.8, 4) is 11.5 Å². The number of aromatic amines is 1. The van der Waals surface area contributed by atoms with Gasteiger partial charge < -0.3 is 19.1 Å². The lowest BCUT2D eigenvalue weighted by atomic mass is 9.83. The number of carbonyl (C=O) groups is 1. The number of nitrogens with zero attached hydrogens (tertiary/aromatic N) is 2. The minimum Gasteiger partial charge on any atom is -0.493 e. The smallest absolute Gasteiger partial charge is 0.229 e. The van der Waals surface area contributed by atoms with Crippen LogP contribution in [0.3, 0.4) is 0 Å². The number of para-hydroxylation sites is 1. The zero-order valence-electron chi connectivity index (χ0n) is 16.1. The number of fused-ring (bicyclic) bond motifs is 3. The molecule has 1 aromatic heterocycles. The Hall–Kier alpha value is -2.54. The molecule has 3 aliphatic heterocycles. The van der Waals surface area contributed by atoms with Crippen LogP contribution in [0.15, 0.2) is 24.4 Å². The Balaban J connectivity index is 1.27. The zero-order chi connectivity index (χ0) is 19.1.